The maximum atomic E-state index is 13.1. The predicted molar refractivity (Wildman–Crippen MR) is 81.7 cm³/mol. The van der Waals surface area contributed by atoms with Gasteiger partial charge in [0.15, 0.2) is 0 Å². The van der Waals surface area contributed by atoms with Gasteiger partial charge < -0.3 is 5.32 Å². The maximum Gasteiger partial charge on any atom is 0.272 e. The first kappa shape index (κ1) is 15.5. The molecule has 0 fully saturated rings. The highest BCUT2D eigenvalue weighted by Crippen LogP contribution is 2.31. The third-order valence-corrected chi connectivity index (χ3v) is 3.49. The van der Waals surface area contributed by atoms with Crippen LogP contribution in [0.2, 0.25) is 10.0 Å². The summed E-state index contributed by atoms with van der Waals surface area (Å²) in [6.07, 6.45) is 0.418. The molecule has 0 heterocycles. The van der Waals surface area contributed by atoms with Gasteiger partial charge in [-0.2, -0.15) is 0 Å². The molecule has 0 bridgehead atoms. The first-order valence-electron chi connectivity index (χ1n) is 6.09. The van der Waals surface area contributed by atoms with Crippen molar-refractivity contribution < 1.29 is 9.31 Å². The normalized spacial score (nSPS) is 10.4. The third kappa shape index (κ3) is 3.83. The number of hydrogen-bond donors (Lipinski definition) is 1. The van der Waals surface area contributed by atoms with Crippen LogP contribution in [0.4, 0.5) is 15.8 Å². The van der Waals surface area contributed by atoms with Gasteiger partial charge in [-0.25, -0.2) is 4.39 Å². The largest absolute Gasteiger partial charge is 0.382 e. The Morgan fingerprint density at radius 2 is 1.81 bits per heavy atom. The van der Waals surface area contributed by atoms with E-state index in [2.05, 4.69) is 5.32 Å². The van der Waals surface area contributed by atoms with E-state index in [0.717, 1.165) is 12.1 Å². The summed E-state index contributed by atoms with van der Waals surface area (Å²) in [5.74, 6) is -0.519. The molecular formula is C14H11Cl2FN2O2. The molecule has 1 N–H and O–H groups in total. The van der Waals surface area contributed by atoms with Gasteiger partial charge in [0.25, 0.3) is 5.69 Å². The number of anilines is 1. The highest BCUT2D eigenvalue weighted by atomic mass is 35.5. The summed E-state index contributed by atoms with van der Waals surface area (Å²) in [6.45, 7) is 0.385. The lowest BCUT2D eigenvalue weighted by atomic mass is 10.1. The third-order valence-electron chi connectivity index (χ3n) is 2.89. The molecule has 110 valence electrons. The number of benzene rings is 2. The van der Waals surface area contributed by atoms with E-state index >= 15 is 0 Å². The van der Waals surface area contributed by atoms with Gasteiger partial charge in [-0.3, -0.25) is 10.1 Å². The minimum Gasteiger partial charge on any atom is -0.382 e. The van der Waals surface area contributed by atoms with Crippen molar-refractivity contribution in [3.05, 3.63) is 67.9 Å². The van der Waals surface area contributed by atoms with Gasteiger partial charge in [0.05, 0.1) is 20.7 Å². The summed E-state index contributed by atoms with van der Waals surface area (Å²) in [7, 11) is 0. The summed E-state index contributed by atoms with van der Waals surface area (Å²) in [5, 5.41) is 14.2. The second-order valence-electron chi connectivity index (χ2n) is 4.31. The molecule has 0 saturated heterocycles. The number of nitrogens with one attached hydrogen (secondary N) is 1. The van der Waals surface area contributed by atoms with Crippen LogP contribution < -0.4 is 5.32 Å². The average Bonchev–Trinajstić information content (AvgIpc) is 2.42. The zero-order valence-electron chi connectivity index (χ0n) is 10.8. The molecule has 2 aromatic carbocycles. The van der Waals surface area contributed by atoms with Crippen molar-refractivity contribution in [2.75, 3.05) is 11.9 Å². The Morgan fingerprint density at radius 1 is 1.19 bits per heavy atom. The summed E-state index contributed by atoms with van der Waals surface area (Å²) in [5.41, 5.74) is 1.08. The van der Waals surface area contributed by atoms with E-state index in [1.807, 2.05) is 0 Å². The Morgan fingerprint density at radius 3 is 2.43 bits per heavy atom. The minimum absolute atomic E-state index is 0.0654. The zero-order valence-corrected chi connectivity index (χ0v) is 12.3. The van der Waals surface area contributed by atoms with Crippen molar-refractivity contribution in [2.24, 2.45) is 0 Å². The van der Waals surface area contributed by atoms with Crippen LogP contribution in [0.25, 0.3) is 0 Å². The number of rotatable bonds is 5. The Balaban J connectivity index is 2.08. The molecule has 0 atom stereocenters. The number of nitrogens with zero attached hydrogens (tertiary/aromatic N) is 1. The van der Waals surface area contributed by atoms with E-state index < -0.39 is 10.7 Å². The van der Waals surface area contributed by atoms with Gasteiger partial charge in [-0.1, -0.05) is 41.4 Å². The molecule has 0 amide bonds. The van der Waals surface area contributed by atoms with Gasteiger partial charge in [0.2, 0.25) is 0 Å². The number of halogens is 3. The van der Waals surface area contributed by atoms with Crippen LogP contribution in [-0.2, 0) is 6.42 Å². The van der Waals surface area contributed by atoms with Crippen molar-refractivity contribution in [1.82, 2.24) is 0 Å². The highest BCUT2D eigenvalue weighted by Gasteiger charge is 2.13. The molecule has 4 nitrogen and oxygen atoms in total. The molecule has 0 spiro atoms. The van der Waals surface area contributed by atoms with Crippen molar-refractivity contribution in [1.29, 1.82) is 0 Å². The smallest absolute Gasteiger partial charge is 0.272 e. The SMILES string of the molecule is O=[N+]([O-])c1ccccc1CCNc1c(Cl)cc(F)cc1Cl. The quantitative estimate of drug-likeness (QED) is 0.639. The molecular weight excluding hydrogens is 318 g/mol. The zero-order chi connectivity index (χ0) is 15.4. The standard InChI is InChI=1S/C14H11Cl2FN2O2/c15-11-7-10(17)8-12(16)14(11)18-6-5-9-3-1-2-4-13(9)19(20)21/h1-4,7-8,18H,5-6H2. The van der Waals surface area contributed by atoms with Gasteiger partial charge in [0, 0.05) is 18.2 Å². The monoisotopic (exact) mass is 328 g/mol. The highest BCUT2D eigenvalue weighted by molar-refractivity contribution is 6.39. The topological polar surface area (TPSA) is 55.2 Å². The second kappa shape index (κ2) is 6.74. The van der Waals surface area contributed by atoms with E-state index in [1.165, 1.54) is 6.07 Å². The number of hydrogen-bond acceptors (Lipinski definition) is 3. The number of nitro benzene ring substituents is 1. The van der Waals surface area contributed by atoms with Crippen molar-refractivity contribution in [2.45, 2.75) is 6.42 Å². The van der Waals surface area contributed by atoms with Crippen molar-refractivity contribution >= 4 is 34.6 Å². The van der Waals surface area contributed by atoms with E-state index in [4.69, 9.17) is 23.2 Å². The molecule has 21 heavy (non-hydrogen) atoms. The molecule has 7 heteroatoms. The van der Waals surface area contributed by atoms with Crippen molar-refractivity contribution in [3.63, 3.8) is 0 Å². The van der Waals surface area contributed by atoms with E-state index in [-0.39, 0.29) is 15.7 Å². The summed E-state index contributed by atoms with van der Waals surface area (Å²) >= 11 is 11.8. The summed E-state index contributed by atoms with van der Waals surface area (Å²) in [4.78, 5) is 10.5. The van der Waals surface area contributed by atoms with Gasteiger partial charge in [-0.15, -0.1) is 0 Å². The van der Waals surface area contributed by atoms with E-state index in [1.54, 1.807) is 18.2 Å². The lowest BCUT2D eigenvalue weighted by Crippen LogP contribution is -2.07. The Hall–Kier alpha value is -1.85. The lowest BCUT2D eigenvalue weighted by molar-refractivity contribution is -0.385. The Kier molecular flexibility index (Phi) is 4.98. The van der Waals surface area contributed by atoms with Crippen molar-refractivity contribution in [3.8, 4) is 0 Å². The predicted octanol–water partition coefficient (Wildman–Crippen LogP) is 4.70. The lowest BCUT2D eigenvalue weighted by Gasteiger charge is -2.10. The average molecular weight is 329 g/mol. The molecule has 0 saturated carbocycles. The maximum absolute atomic E-state index is 13.1. The molecule has 0 aliphatic heterocycles. The first-order chi connectivity index (χ1) is 9.99. The van der Waals surface area contributed by atoms with Gasteiger partial charge in [0.1, 0.15) is 5.82 Å². The Labute approximate surface area is 130 Å². The van der Waals surface area contributed by atoms with E-state index in [9.17, 15) is 14.5 Å². The van der Waals surface area contributed by atoms with Crippen LogP contribution in [-0.4, -0.2) is 11.5 Å². The number of para-hydroxylation sites is 1. The van der Waals surface area contributed by atoms with Crippen LogP contribution in [0.5, 0.6) is 0 Å². The van der Waals surface area contributed by atoms with Crippen LogP contribution in [0.3, 0.4) is 0 Å². The number of nitro groups is 1. The van der Waals surface area contributed by atoms with Crippen LogP contribution in [0.15, 0.2) is 36.4 Å². The molecule has 0 radical (unpaired) electrons. The fraction of sp³-hybridized carbons (Fsp3) is 0.143. The fourth-order valence-corrected chi connectivity index (χ4v) is 2.53. The molecule has 2 rings (SSSR count). The molecule has 0 aliphatic rings. The van der Waals surface area contributed by atoms with E-state index in [0.29, 0.717) is 24.2 Å². The van der Waals surface area contributed by atoms with Crippen LogP contribution in [0.1, 0.15) is 5.56 Å². The fourth-order valence-electron chi connectivity index (χ4n) is 1.93. The molecule has 2 aromatic rings. The van der Waals surface area contributed by atoms with Crippen LogP contribution >= 0.6 is 23.2 Å². The second-order valence-corrected chi connectivity index (χ2v) is 5.12. The molecule has 0 unspecified atom stereocenters. The Bertz CT molecular complexity index is 657. The molecule has 0 aromatic heterocycles. The van der Waals surface area contributed by atoms with Gasteiger partial charge in [-0.05, 0) is 18.6 Å². The minimum atomic E-state index is -0.519. The first-order valence-corrected chi connectivity index (χ1v) is 6.85. The molecule has 0 aliphatic carbocycles. The van der Waals surface area contributed by atoms with Gasteiger partial charge >= 0.3 is 0 Å². The summed E-state index contributed by atoms with van der Waals surface area (Å²) < 4.78 is 13.1. The summed E-state index contributed by atoms with van der Waals surface area (Å²) in [6, 6.07) is 8.80. The van der Waals surface area contributed by atoms with Crippen LogP contribution in [0, 0.1) is 15.9 Å².